The van der Waals surface area contributed by atoms with Crippen molar-refractivity contribution in [2.24, 2.45) is 0 Å². The Bertz CT molecular complexity index is 1130. The second kappa shape index (κ2) is 7.54. The van der Waals surface area contributed by atoms with Gasteiger partial charge in [-0.25, -0.2) is 4.79 Å². The lowest BCUT2D eigenvalue weighted by molar-refractivity contribution is -0.123. The van der Waals surface area contributed by atoms with Crippen LogP contribution in [0, 0.1) is 11.3 Å². The summed E-state index contributed by atoms with van der Waals surface area (Å²) < 4.78 is 10.5. The molecule has 27 heavy (non-hydrogen) atoms. The molecule has 1 amide bonds. The lowest BCUT2D eigenvalue weighted by Gasteiger charge is -2.13. The molecule has 0 aliphatic rings. The van der Waals surface area contributed by atoms with E-state index < -0.39 is 18.0 Å². The maximum Gasteiger partial charge on any atom is 0.375 e. The molecule has 0 spiro atoms. The Hall–Kier alpha value is -3.92. The maximum atomic E-state index is 12.2. The third-order valence-corrected chi connectivity index (χ3v) is 3.75. The fourth-order valence-electron chi connectivity index (χ4n) is 2.39. The normalized spacial score (nSPS) is 11.4. The number of nitrogens with one attached hydrogen (secondary N) is 1. The topological polar surface area (TPSA) is 109 Å². The van der Waals surface area contributed by atoms with Crippen molar-refractivity contribution in [1.29, 1.82) is 5.26 Å². The van der Waals surface area contributed by atoms with Gasteiger partial charge in [0.05, 0.1) is 17.0 Å². The third-order valence-electron chi connectivity index (χ3n) is 3.75. The molecule has 1 N–H and O–H groups in total. The Balaban J connectivity index is 1.72. The van der Waals surface area contributed by atoms with Gasteiger partial charge in [0.15, 0.2) is 11.5 Å². The van der Waals surface area contributed by atoms with E-state index in [4.69, 9.17) is 14.4 Å². The summed E-state index contributed by atoms with van der Waals surface area (Å²) in [5, 5.41) is 11.8. The molecule has 0 bridgehead atoms. The third kappa shape index (κ3) is 4.02. The van der Waals surface area contributed by atoms with Gasteiger partial charge in [-0.2, -0.15) is 5.26 Å². The van der Waals surface area contributed by atoms with E-state index in [0.717, 1.165) is 6.07 Å². The van der Waals surface area contributed by atoms with Gasteiger partial charge in [-0.1, -0.05) is 18.2 Å². The van der Waals surface area contributed by atoms with Crippen molar-refractivity contribution < 1.29 is 18.7 Å². The molecule has 0 saturated carbocycles. The van der Waals surface area contributed by atoms with Crippen molar-refractivity contribution in [3.05, 3.63) is 76.1 Å². The fourth-order valence-corrected chi connectivity index (χ4v) is 2.39. The van der Waals surface area contributed by atoms with E-state index in [0.29, 0.717) is 16.6 Å². The number of hydrogen-bond acceptors (Lipinski definition) is 6. The molecule has 0 radical (unpaired) electrons. The SMILES string of the molecule is C[C@H](OC(=O)c1cc(=O)c2ccccc2o1)C(=O)Nc1cccc(C#N)c1. The number of nitrogens with zero attached hydrogens (tertiary/aromatic N) is 1. The van der Waals surface area contributed by atoms with Gasteiger partial charge in [0.25, 0.3) is 5.91 Å². The molecule has 1 atom stereocenters. The van der Waals surface area contributed by atoms with Crippen LogP contribution in [-0.2, 0) is 9.53 Å². The predicted octanol–water partition coefficient (Wildman–Crippen LogP) is 2.85. The van der Waals surface area contributed by atoms with Gasteiger partial charge < -0.3 is 14.5 Å². The van der Waals surface area contributed by atoms with Crippen molar-refractivity contribution in [3.63, 3.8) is 0 Å². The van der Waals surface area contributed by atoms with Crippen LogP contribution in [0.2, 0.25) is 0 Å². The zero-order chi connectivity index (χ0) is 19.4. The lowest BCUT2D eigenvalue weighted by Crippen LogP contribution is -2.30. The quantitative estimate of drug-likeness (QED) is 0.715. The minimum absolute atomic E-state index is 0.252. The van der Waals surface area contributed by atoms with Gasteiger partial charge in [0, 0.05) is 11.8 Å². The first-order valence-electron chi connectivity index (χ1n) is 8.03. The van der Waals surface area contributed by atoms with Crippen LogP contribution in [0.25, 0.3) is 11.0 Å². The number of nitriles is 1. The van der Waals surface area contributed by atoms with Crippen molar-refractivity contribution in [1.82, 2.24) is 0 Å². The number of benzene rings is 2. The van der Waals surface area contributed by atoms with Crippen LogP contribution in [-0.4, -0.2) is 18.0 Å². The summed E-state index contributed by atoms with van der Waals surface area (Å²) in [7, 11) is 0. The standard InChI is InChI=1S/C20H14N2O5/c1-12(19(24)22-14-6-4-5-13(9-14)11-21)26-20(25)18-10-16(23)15-7-2-3-8-17(15)27-18/h2-10,12H,1H3,(H,22,24)/t12-/m0/s1. The van der Waals surface area contributed by atoms with Crippen molar-refractivity contribution in [2.45, 2.75) is 13.0 Å². The van der Waals surface area contributed by atoms with Crippen molar-refractivity contribution in [2.75, 3.05) is 5.32 Å². The summed E-state index contributed by atoms with van der Waals surface area (Å²) in [5.74, 6) is -1.79. The predicted molar refractivity (Wildman–Crippen MR) is 97.1 cm³/mol. The smallest absolute Gasteiger partial charge is 0.375 e. The largest absolute Gasteiger partial charge is 0.449 e. The van der Waals surface area contributed by atoms with E-state index in [-0.39, 0.29) is 16.8 Å². The van der Waals surface area contributed by atoms with Crippen LogP contribution in [0.1, 0.15) is 23.0 Å². The maximum absolute atomic E-state index is 12.2. The molecule has 0 aliphatic heterocycles. The van der Waals surface area contributed by atoms with Crippen LogP contribution >= 0.6 is 0 Å². The first-order valence-corrected chi connectivity index (χ1v) is 8.03. The Kier molecular flexibility index (Phi) is 4.99. The molecule has 2 aromatic carbocycles. The molecule has 1 heterocycles. The van der Waals surface area contributed by atoms with Crippen LogP contribution in [0.15, 0.2) is 63.8 Å². The van der Waals surface area contributed by atoms with Gasteiger partial charge in [-0.05, 0) is 37.3 Å². The van der Waals surface area contributed by atoms with Crippen LogP contribution in [0.4, 0.5) is 5.69 Å². The summed E-state index contributed by atoms with van der Waals surface area (Å²) >= 11 is 0. The van der Waals surface area contributed by atoms with Crippen LogP contribution in [0.5, 0.6) is 0 Å². The van der Waals surface area contributed by atoms with Crippen molar-refractivity contribution in [3.8, 4) is 6.07 Å². The minimum Gasteiger partial charge on any atom is -0.449 e. The molecule has 0 saturated heterocycles. The zero-order valence-electron chi connectivity index (χ0n) is 14.3. The highest BCUT2D eigenvalue weighted by atomic mass is 16.6. The number of amides is 1. The van der Waals surface area contributed by atoms with Gasteiger partial charge in [0.1, 0.15) is 5.58 Å². The Morgan fingerprint density at radius 3 is 2.70 bits per heavy atom. The van der Waals surface area contributed by atoms with E-state index in [9.17, 15) is 14.4 Å². The molecule has 0 unspecified atom stereocenters. The molecule has 3 rings (SSSR count). The van der Waals surface area contributed by atoms with E-state index in [1.165, 1.54) is 13.0 Å². The fraction of sp³-hybridized carbons (Fsp3) is 0.100. The Labute approximate surface area is 153 Å². The first-order chi connectivity index (χ1) is 13.0. The van der Waals surface area contributed by atoms with E-state index in [2.05, 4.69) is 5.32 Å². The van der Waals surface area contributed by atoms with Gasteiger partial charge in [-0.3, -0.25) is 9.59 Å². The average Bonchev–Trinajstić information content (AvgIpc) is 2.68. The molecular formula is C20H14N2O5. The number of fused-ring (bicyclic) bond motifs is 1. The number of para-hydroxylation sites is 1. The molecular weight excluding hydrogens is 348 g/mol. The zero-order valence-corrected chi connectivity index (χ0v) is 14.3. The Morgan fingerprint density at radius 1 is 1.15 bits per heavy atom. The summed E-state index contributed by atoms with van der Waals surface area (Å²) in [6.45, 7) is 1.39. The second-order valence-electron chi connectivity index (χ2n) is 5.70. The molecule has 1 aromatic heterocycles. The molecule has 134 valence electrons. The van der Waals surface area contributed by atoms with Gasteiger partial charge in [-0.15, -0.1) is 0 Å². The first kappa shape index (κ1) is 17.9. The highest BCUT2D eigenvalue weighted by molar-refractivity contribution is 5.97. The monoisotopic (exact) mass is 362 g/mol. The Morgan fingerprint density at radius 2 is 1.93 bits per heavy atom. The number of ether oxygens (including phenoxy) is 1. The number of carbonyl (C=O) groups excluding carboxylic acids is 2. The van der Waals surface area contributed by atoms with E-state index >= 15 is 0 Å². The molecule has 0 aliphatic carbocycles. The minimum atomic E-state index is -1.14. The molecule has 7 heteroatoms. The molecule has 0 fully saturated rings. The number of anilines is 1. The summed E-state index contributed by atoms with van der Waals surface area (Å²) in [6, 6.07) is 15.8. The molecule has 7 nitrogen and oxygen atoms in total. The van der Waals surface area contributed by atoms with Crippen LogP contribution in [0.3, 0.4) is 0 Å². The summed E-state index contributed by atoms with van der Waals surface area (Å²) in [5.41, 5.74) is 0.658. The number of hydrogen-bond donors (Lipinski definition) is 1. The van der Waals surface area contributed by atoms with Gasteiger partial charge in [0.2, 0.25) is 5.76 Å². The van der Waals surface area contributed by atoms with E-state index in [1.54, 1.807) is 42.5 Å². The summed E-state index contributed by atoms with van der Waals surface area (Å²) in [4.78, 5) is 36.5. The number of carbonyl (C=O) groups is 2. The average molecular weight is 362 g/mol. The molecule has 3 aromatic rings. The van der Waals surface area contributed by atoms with Crippen LogP contribution < -0.4 is 10.7 Å². The van der Waals surface area contributed by atoms with E-state index in [1.807, 2.05) is 6.07 Å². The highest BCUT2D eigenvalue weighted by Crippen LogP contribution is 2.14. The van der Waals surface area contributed by atoms with Gasteiger partial charge >= 0.3 is 5.97 Å². The number of rotatable bonds is 4. The number of esters is 1. The highest BCUT2D eigenvalue weighted by Gasteiger charge is 2.21. The lowest BCUT2D eigenvalue weighted by atomic mass is 10.2. The summed E-state index contributed by atoms with van der Waals surface area (Å²) in [6.07, 6.45) is -1.14. The van der Waals surface area contributed by atoms with Crippen molar-refractivity contribution >= 4 is 28.5 Å². The second-order valence-corrected chi connectivity index (χ2v) is 5.70.